The quantitative estimate of drug-likeness (QED) is 0.387. The summed E-state index contributed by atoms with van der Waals surface area (Å²) in [7, 11) is 0. The minimum Gasteiger partial charge on any atom is -0.304 e. The molecule has 3 N–H and O–H groups in total. The first-order valence-electron chi connectivity index (χ1n) is 1.98. The average Bonchev–Trinajstić information content (AvgIpc) is 1.69. The van der Waals surface area contributed by atoms with Gasteiger partial charge in [0.1, 0.15) is 0 Å². The molecule has 1 rings (SSSR count). The highest BCUT2D eigenvalue weighted by Gasteiger charge is 1.95. The zero-order chi connectivity index (χ0) is 5.11. The number of hydrogen-bond acceptors (Lipinski definition) is 4. The second kappa shape index (κ2) is 4.03. The summed E-state index contributed by atoms with van der Waals surface area (Å²) in [5.74, 6) is 6.23. The van der Waals surface area contributed by atoms with E-state index in [1.165, 1.54) is 16.5 Å². The molecule has 48 valence electrons. The minimum absolute atomic E-state index is 0. The molecule has 0 saturated heterocycles. The molecule has 5 heteroatoms. The normalized spacial score (nSPS) is 19.1. The first kappa shape index (κ1) is 8.10. The van der Waals surface area contributed by atoms with Gasteiger partial charge >= 0.3 is 0 Å². The molecule has 0 aromatic rings. The monoisotopic (exact) mass is 153 g/mol. The number of nitrogens with two attached hydrogens (primary N) is 1. The predicted molar refractivity (Wildman–Crippen MR) is 38.0 cm³/mol. The predicted octanol–water partition coefficient (Wildman–Crippen LogP) is 0.264. The van der Waals surface area contributed by atoms with Gasteiger partial charge in [-0.25, -0.2) is 5.84 Å². The number of rotatable bonds is 0. The maximum atomic E-state index is 5.27. The highest BCUT2D eigenvalue weighted by atomic mass is 35.5. The van der Waals surface area contributed by atoms with Gasteiger partial charge in [0.2, 0.25) is 0 Å². The number of nitrogens with zero attached hydrogens (tertiary/aromatic N) is 1. The fourth-order valence-electron chi connectivity index (χ4n) is 0.335. The second-order valence-corrected chi connectivity index (χ2v) is 2.14. The fourth-order valence-corrected chi connectivity index (χ4v) is 0.813. The number of halogens is 1. The molecule has 1 heterocycles. The summed E-state index contributed by atoms with van der Waals surface area (Å²) in [6, 6.07) is 0. The van der Waals surface area contributed by atoms with Gasteiger partial charge in [0.25, 0.3) is 0 Å². The van der Waals surface area contributed by atoms with Crippen LogP contribution in [0.2, 0.25) is 0 Å². The van der Waals surface area contributed by atoms with Crippen molar-refractivity contribution in [1.82, 2.24) is 9.95 Å². The maximum Gasteiger partial charge on any atom is 0.0310 e. The molecular formula is C3H8ClN3S. The van der Waals surface area contributed by atoms with Crippen molar-refractivity contribution in [2.24, 2.45) is 5.84 Å². The summed E-state index contributed by atoms with van der Waals surface area (Å²) in [6.45, 7) is 0. The van der Waals surface area contributed by atoms with Crippen LogP contribution in [0.5, 0.6) is 0 Å². The lowest BCUT2D eigenvalue weighted by molar-refractivity contribution is 0.425. The van der Waals surface area contributed by atoms with E-state index < -0.39 is 0 Å². The Kier molecular flexibility index (Phi) is 4.08. The third kappa shape index (κ3) is 2.42. The molecule has 1 aliphatic heterocycles. The van der Waals surface area contributed by atoms with Crippen molar-refractivity contribution in [2.45, 2.75) is 0 Å². The molecular weight excluding hydrogens is 146 g/mol. The Bertz CT molecular complexity index is 86.6. The maximum absolute atomic E-state index is 5.27. The second-order valence-electron chi connectivity index (χ2n) is 1.15. The number of hydrazine groups is 2. The van der Waals surface area contributed by atoms with E-state index >= 15 is 0 Å². The van der Waals surface area contributed by atoms with Crippen molar-refractivity contribution in [2.75, 3.05) is 5.75 Å². The van der Waals surface area contributed by atoms with Gasteiger partial charge in [-0.2, -0.15) is 0 Å². The first-order valence-corrected chi connectivity index (χ1v) is 2.93. The van der Waals surface area contributed by atoms with Gasteiger partial charge < -0.3 is 5.43 Å². The average molecular weight is 154 g/mol. The van der Waals surface area contributed by atoms with Crippen molar-refractivity contribution in [3.8, 4) is 0 Å². The van der Waals surface area contributed by atoms with Crippen molar-refractivity contribution in [3.63, 3.8) is 0 Å². The number of hydrogen-bond donors (Lipinski definition) is 2. The Morgan fingerprint density at radius 1 is 1.75 bits per heavy atom. The fraction of sp³-hybridized carbons (Fsp3) is 0.333. The highest BCUT2D eigenvalue weighted by molar-refractivity contribution is 7.97. The molecule has 0 saturated carbocycles. The van der Waals surface area contributed by atoms with Crippen LogP contribution in [-0.4, -0.2) is 10.3 Å². The molecule has 0 aromatic carbocycles. The molecule has 0 unspecified atom stereocenters. The van der Waals surface area contributed by atoms with Gasteiger partial charge in [-0.05, 0) is 11.9 Å². The topological polar surface area (TPSA) is 41.3 Å². The molecule has 0 aliphatic carbocycles. The molecule has 0 radical (unpaired) electrons. The van der Waals surface area contributed by atoms with Crippen LogP contribution in [0.4, 0.5) is 0 Å². The van der Waals surface area contributed by atoms with Crippen molar-refractivity contribution in [3.05, 3.63) is 12.3 Å². The van der Waals surface area contributed by atoms with E-state index in [-0.39, 0.29) is 12.4 Å². The SMILES string of the molecule is Cl.NN1NC=CCS1. The van der Waals surface area contributed by atoms with E-state index in [0.717, 1.165) is 5.75 Å². The van der Waals surface area contributed by atoms with Crippen molar-refractivity contribution in [1.29, 1.82) is 0 Å². The van der Waals surface area contributed by atoms with Crippen LogP contribution in [0.15, 0.2) is 12.3 Å². The van der Waals surface area contributed by atoms with Gasteiger partial charge in [0, 0.05) is 12.0 Å². The van der Waals surface area contributed by atoms with Crippen LogP contribution in [0, 0.1) is 0 Å². The third-order valence-corrected chi connectivity index (χ3v) is 1.35. The molecule has 0 fully saturated rings. The summed E-state index contributed by atoms with van der Waals surface area (Å²) in [5.41, 5.74) is 2.78. The Morgan fingerprint density at radius 3 is 2.75 bits per heavy atom. The van der Waals surface area contributed by atoms with E-state index in [1.807, 2.05) is 12.3 Å². The van der Waals surface area contributed by atoms with Crippen LogP contribution >= 0.6 is 24.4 Å². The van der Waals surface area contributed by atoms with E-state index in [4.69, 9.17) is 5.84 Å². The van der Waals surface area contributed by atoms with E-state index in [9.17, 15) is 0 Å². The molecule has 0 atom stereocenters. The van der Waals surface area contributed by atoms with Gasteiger partial charge in [0.15, 0.2) is 0 Å². The zero-order valence-electron chi connectivity index (χ0n) is 4.20. The van der Waals surface area contributed by atoms with E-state index in [1.54, 1.807) is 0 Å². The Hall–Kier alpha value is 0.1000. The number of nitrogens with one attached hydrogen (secondary N) is 1. The molecule has 3 nitrogen and oxygen atoms in total. The smallest absolute Gasteiger partial charge is 0.0310 e. The van der Waals surface area contributed by atoms with Crippen LogP contribution in [0.1, 0.15) is 0 Å². The molecule has 0 bridgehead atoms. The zero-order valence-corrected chi connectivity index (χ0v) is 5.84. The Morgan fingerprint density at radius 2 is 2.50 bits per heavy atom. The summed E-state index contributed by atoms with van der Waals surface area (Å²) in [5, 5.41) is 0. The lowest BCUT2D eigenvalue weighted by Gasteiger charge is -2.16. The summed E-state index contributed by atoms with van der Waals surface area (Å²) >= 11 is 1.53. The van der Waals surface area contributed by atoms with Crippen LogP contribution < -0.4 is 11.3 Å². The van der Waals surface area contributed by atoms with Gasteiger partial charge in [-0.3, -0.25) is 0 Å². The molecule has 0 amide bonds. The third-order valence-electron chi connectivity index (χ3n) is 0.629. The van der Waals surface area contributed by atoms with E-state index in [2.05, 4.69) is 5.43 Å². The van der Waals surface area contributed by atoms with Crippen LogP contribution in [-0.2, 0) is 0 Å². The minimum atomic E-state index is 0. The van der Waals surface area contributed by atoms with E-state index in [0.29, 0.717) is 0 Å². The Labute approximate surface area is 58.8 Å². The molecule has 1 aliphatic rings. The highest BCUT2D eigenvalue weighted by Crippen LogP contribution is 2.03. The van der Waals surface area contributed by atoms with Gasteiger partial charge in [0.05, 0.1) is 0 Å². The largest absolute Gasteiger partial charge is 0.304 e. The van der Waals surface area contributed by atoms with Gasteiger partial charge in [-0.15, -0.1) is 16.9 Å². The standard InChI is InChI=1S/C3H7N3S.ClH/c4-6-5-2-1-3-7-6;/h1-2,5H,3-4H2;1H. The molecule has 0 spiro atoms. The summed E-state index contributed by atoms with van der Waals surface area (Å²) in [6.07, 6.45) is 3.82. The summed E-state index contributed by atoms with van der Waals surface area (Å²) in [4.78, 5) is 0. The first-order chi connectivity index (χ1) is 3.39. The summed E-state index contributed by atoms with van der Waals surface area (Å²) < 4.78 is 1.47. The molecule has 0 aromatic heterocycles. The van der Waals surface area contributed by atoms with Crippen molar-refractivity contribution < 1.29 is 0 Å². The molecule has 8 heavy (non-hydrogen) atoms. The lowest BCUT2D eigenvalue weighted by atomic mass is 10.7. The van der Waals surface area contributed by atoms with Gasteiger partial charge in [-0.1, -0.05) is 6.08 Å². The lowest BCUT2D eigenvalue weighted by Crippen LogP contribution is -2.36. The van der Waals surface area contributed by atoms with Crippen LogP contribution in [0.25, 0.3) is 0 Å². The van der Waals surface area contributed by atoms with Crippen molar-refractivity contribution >= 4 is 24.4 Å². The van der Waals surface area contributed by atoms with Crippen LogP contribution in [0.3, 0.4) is 0 Å². The Balaban J connectivity index is 0.000000490.